The molecule has 0 saturated carbocycles. The summed E-state index contributed by atoms with van der Waals surface area (Å²) in [7, 11) is 0. The van der Waals surface area contributed by atoms with Gasteiger partial charge in [-0.25, -0.2) is 9.97 Å². The molecule has 0 spiro atoms. The molecule has 0 aliphatic carbocycles. The molecule has 0 N–H and O–H groups in total. The van der Waals surface area contributed by atoms with Crippen LogP contribution in [0.5, 0.6) is 0 Å². The lowest BCUT2D eigenvalue weighted by atomic mass is 10.1. The van der Waals surface area contributed by atoms with Crippen LogP contribution in [0.15, 0.2) is 36.7 Å². The van der Waals surface area contributed by atoms with Crippen LogP contribution in [-0.2, 0) is 4.79 Å². The number of benzene rings is 1. The van der Waals surface area contributed by atoms with Crippen molar-refractivity contribution in [1.29, 1.82) is 5.26 Å². The van der Waals surface area contributed by atoms with Crippen LogP contribution >= 0.6 is 0 Å². The summed E-state index contributed by atoms with van der Waals surface area (Å²) in [5.74, 6) is 0.766. The van der Waals surface area contributed by atoms with Crippen molar-refractivity contribution in [2.75, 3.05) is 49.1 Å². The van der Waals surface area contributed by atoms with Gasteiger partial charge in [-0.1, -0.05) is 6.07 Å². The molecule has 1 aliphatic heterocycles. The van der Waals surface area contributed by atoms with Crippen LogP contribution in [0, 0.1) is 25.2 Å². The van der Waals surface area contributed by atoms with Gasteiger partial charge in [0.15, 0.2) is 0 Å². The van der Waals surface area contributed by atoms with E-state index in [0.717, 1.165) is 43.4 Å². The minimum Gasteiger partial charge on any atom is -0.338 e. The van der Waals surface area contributed by atoms with E-state index in [-0.39, 0.29) is 5.91 Å². The highest BCUT2D eigenvalue weighted by atomic mass is 16.2. The van der Waals surface area contributed by atoms with Crippen molar-refractivity contribution in [2.45, 2.75) is 20.3 Å². The molecule has 1 fully saturated rings. The molecule has 0 radical (unpaired) electrons. The molecule has 0 unspecified atom stereocenters. The van der Waals surface area contributed by atoms with Gasteiger partial charge in [-0.15, -0.1) is 0 Å². The maximum atomic E-state index is 13.0. The summed E-state index contributed by atoms with van der Waals surface area (Å²) in [6.45, 7) is 7.99. The van der Waals surface area contributed by atoms with Gasteiger partial charge in [-0.3, -0.25) is 9.69 Å². The second kappa shape index (κ2) is 9.29. The number of carbonyl (C=O) groups excluding carboxylic acids is 1. The van der Waals surface area contributed by atoms with Gasteiger partial charge in [0, 0.05) is 50.8 Å². The molecule has 3 rings (SSSR count). The molecule has 1 aromatic carbocycles. The van der Waals surface area contributed by atoms with E-state index < -0.39 is 0 Å². The summed E-state index contributed by atoms with van der Waals surface area (Å²) in [6, 6.07) is 9.96. The number of hydrogen-bond donors (Lipinski definition) is 0. The first kappa shape index (κ1) is 19.8. The topological polar surface area (TPSA) is 76.4 Å². The normalized spacial score (nSPS) is 14.5. The van der Waals surface area contributed by atoms with Crippen molar-refractivity contribution in [3.8, 4) is 6.07 Å². The van der Waals surface area contributed by atoms with E-state index in [1.807, 2.05) is 25.1 Å². The van der Waals surface area contributed by atoms with Crippen molar-refractivity contribution >= 4 is 17.5 Å². The molecule has 7 heteroatoms. The van der Waals surface area contributed by atoms with Crippen molar-refractivity contribution in [2.24, 2.45) is 0 Å². The molecule has 1 aromatic heterocycles. The molecular weight excluding hydrogens is 352 g/mol. The van der Waals surface area contributed by atoms with Crippen LogP contribution in [0.4, 0.5) is 11.6 Å². The lowest BCUT2D eigenvalue weighted by Crippen LogP contribution is -2.50. The van der Waals surface area contributed by atoms with E-state index >= 15 is 0 Å². The molecule has 146 valence electrons. The van der Waals surface area contributed by atoms with Crippen LogP contribution < -0.4 is 9.80 Å². The average molecular weight is 378 g/mol. The fourth-order valence-electron chi connectivity index (χ4n) is 3.29. The van der Waals surface area contributed by atoms with Gasteiger partial charge in [-0.05, 0) is 43.2 Å². The Balaban J connectivity index is 1.62. The van der Waals surface area contributed by atoms with E-state index in [0.29, 0.717) is 19.5 Å². The van der Waals surface area contributed by atoms with Gasteiger partial charge in [0.25, 0.3) is 0 Å². The third-order valence-electron chi connectivity index (χ3n) is 5.12. The number of amides is 1. The Kier molecular flexibility index (Phi) is 6.56. The first-order valence-corrected chi connectivity index (χ1v) is 9.57. The van der Waals surface area contributed by atoms with Crippen LogP contribution in [0.25, 0.3) is 0 Å². The second-order valence-corrected chi connectivity index (χ2v) is 7.03. The lowest BCUT2D eigenvalue weighted by molar-refractivity contribution is -0.119. The van der Waals surface area contributed by atoms with Crippen molar-refractivity contribution in [3.63, 3.8) is 0 Å². The fourth-order valence-corrected chi connectivity index (χ4v) is 3.29. The summed E-state index contributed by atoms with van der Waals surface area (Å²) in [4.78, 5) is 27.6. The van der Waals surface area contributed by atoms with Gasteiger partial charge in [0.05, 0.1) is 19.0 Å². The van der Waals surface area contributed by atoms with E-state index in [4.69, 9.17) is 5.26 Å². The number of aryl methyl sites for hydroxylation is 2. The Morgan fingerprint density at radius 1 is 1.14 bits per heavy atom. The van der Waals surface area contributed by atoms with E-state index in [9.17, 15) is 4.79 Å². The number of nitriles is 1. The number of anilines is 2. The van der Waals surface area contributed by atoms with E-state index in [1.165, 1.54) is 5.56 Å². The molecular formula is C21H26N6O. The van der Waals surface area contributed by atoms with Crippen LogP contribution in [0.2, 0.25) is 0 Å². The second-order valence-electron chi connectivity index (χ2n) is 7.03. The minimum atomic E-state index is 0.0305. The Labute approximate surface area is 166 Å². The predicted molar refractivity (Wildman–Crippen MR) is 109 cm³/mol. The summed E-state index contributed by atoms with van der Waals surface area (Å²) in [5, 5.41) is 8.99. The molecule has 0 atom stereocenters. The molecule has 2 aromatic rings. The summed E-state index contributed by atoms with van der Waals surface area (Å²) in [5.41, 5.74) is 3.19. The summed E-state index contributed by atoms with van der Waals surface area (Å²) in [6.07, 6.45) is 3.81. The maximum absolute atomic E-state index is 13.0. The highest BCUT2D eigenvalue weighted by molar-refractivity contribution is 5.95. The zero-order valence-corrected chi connectivity index (χ0v) is 16.5. The zero-order valence-electron chi connectivity index (χ0n) is 16.5. The molecule has 0 bridgehead atoms. The summed E-state index contributed by atoms with van der Waals surface area (Å²) < 4.78 is 0. The Hall–Kier alpha value is -2.98. The van der Waals surface area contributed by atoms with Gasteiger partial charge >= 0.3 is 0 Å². The number of carbonyl (C=O) groups is 1. The average Bonchev–Trinajstić information content (AvgIpc) is 2.72. The molecule has 1 amide bonds. The smallest absolute Gasteiger partial charge is 0.241 e. The largest absolute Gasteiger partial charge is 0.338 e. The first-order valence-electron chi connectivity index (χ1n) is 9.57. The SMILES string of the molecule is Cc1ccc(N(CCC#N)C(=O)CN2CCN(c3ncccn3)CC2)cc1C. The van der Waals surface area contributed by atoms with Crippen LogP contribution in [0.3, 0.4) is 0 Å². The molecule has 1 saturated heterocycles. The molecule has 2 heterocycles. The summed E-state index contributed by atoms with van der Waals surface area (Å²) >= 11 is 0. The number of nitrogens with zero attached hydrogens (tertiary/aromatic N) is 6. The molecule has 1 aliphatic rings. The van der Waals surface area contributed by atoms with Gasteiger partial charge in [0.1, 0.15) is 0 Å². The standard InChI is InChI=1S/C21H26N6O/c1-17-5-6-19(15-18(17)2)27(10-3-7-22)20(28)16-25-11-13-26(14-12-25)21-23-8-4-9-24-21/h4-6,8-9,15H,3,10-14,16H2,1-2H3. The van der Waals surface area contributed by atoms with Gasteiger partial charge in [-0.2, -0.15) is 5.26 Å². The number of aromatic nitrogens is 2. The van der Waals surface area contributed by atoms with Gasteiger partial charge in [0.2, 0.25) is 11.9 Å². The van der Waals surface area contributed by atoms with E-state index in [2.05, 4.69) is 32.8 Å². The van der Waals surface area contributed by atoms with Crippen LogP contribution in [0.1, 0.15) is 17.5 Å². The van der Waals surface area contributed by atoms with Crippen molar-refractivity contribution in [3.05, 3.63) is 47.8 Å². The van der Waals surface area contributed by atoms with E-state index in [1.54, 1.807) is 23.4 Å². The van der Waals surface area contributed by atoms with Crippen LogP contribution in [-0.4, -0.2) is 60.0 Å². The minimum absolute atomic E-state index is 0.0305. The van der Waals surface area contributed by atoms with Crippen molar-refractivity contribution < 1.29 is 4.79 Å². The highest BCUT2D eigenvalue weighted by Gasteiger charge is 2.23. The Bertz CT molecular complexity index is 840. The molecule has 7 nitrogen and oxygen atoms in total. The lowest BCUT2D eigenvalue weighted by Gasteiger charge is -2.35. The molecule has 28 heavy (non-hydrogen) atoms. The fraction of sp³-hybridized carbons (Fsp3) is 0.429. The number of piperazine rings is 1. The highest BCUT2D eigenvalue weighted by Crippen LogP contribution is 2.20. The quantitative estimate of drug-likeness (QED) is 0.767. The Morgan fingerprint density at radius 2 is 1.86 bits per heavy atom. The maximum Gasteiger partial charge on any atom is 0.241 e. The third-order valence-corrected chi connectivity index (χ3v) is 5.12. The number of hydrogen-bond acceptors (Lipinski definition) is 6. The zero-order chi connectivity index (χ0) is 19.9. The third kappa shape index (κ3) is 4.84. The monoisotopic (exact) mass is 378 g/mol. The Morgan fingerprint density at radius 3 is 2.50 bits per heavy atom. The first-order chi connectivity index (χ1) is 13.6. The van der Waals surface area contributed by atoms with Gasteiger partial charge < -0.3 is 9.80 Å². The van der Waals surface area contributed by atoms with Crippen molar-refractivity contribution in [1.82, 2.24) is 14.9 Å². The predicted octanol–water partition coefficient (Wildman–Crippen LogP) is 2.16. The number of rotatable bonds is 6.